The van der Waals surface area contributed by atoms with E-state index in [4.69, 9.17) is 14.5 Å². The zero-order chi connectivity index (χ0) is 22.8. The van der Waals surface area contributed by atoms with Gasteiger partial charge in [-0.2, -0.15) is 0 Å². The summed E-state index contributed by atoms with van der Waals surface area (Å²) in [5.41, 5.74) is 2.37. The number of amides is 1. The molecule has 1 aliphatic carbocycles. The van der Waals surface area contributed by atoms with Crippen LogP contribution < -0.4 is 20.1 Å². The third kappa shape index (κ3) is 9.49. The lowest BCUT2D eigenvalue weighted by molar-refractivity contribution is -0.123. The van der Waals surface area contributed by atoms with Gasteiger partial charge in [0, 0.05) is 32.7 Å². The van der Waals surface area contributed by atoms with Gasteiger partial charge in [0.15, 0.2) is 12.6 Å². The minimum Gasteiger partial charge on any atom is -0.497 e. The van der Waals surface area contributed by atoms with E-state index in [9.17, 15) is 4.79 Å². The fourth-order valence-electron chi connectivity index (χ4n) is 3.24. The van der Waals surface area contributed by atoms with E-state index >= 15 is 0 Å². The van der Waals surface area contributed by atoms with Crippen LogP contribution in [0.5, 0.6) is 11.5 Å². The molecule has 2 aromatic carbocycles. The molecule has 0 saturated heterocycles. The summed E-state index contributed by atoms with van der Waals surface area (Å²) in [4.78, 5) is 18.6. The maximum Gasteiger partial charge on any atom is 0.258 e. The molecular formula is C25H35IN4O3. The largest absolute Gasteiger partial charge is 0.497 e. The number of ether oxygens (including phenoxy) is 2. The van der Waals surface area contributed by atoms with Crippen molar-refractivity contribution in [3.05, 3.63) is 59.7 Å². The summed E-state index contributed by atoms with van der Waals surface area (Å²) >= 11 is 0. The number of nitrogens with zero attached hydrogens (tertiary/aromatic N) is 2. The standard InChI is InChI=1S/C25H34N4O3.HI/c1-4-26-25(29(2)17-20-7-11-22(31-3)12-8-20)27-16-15-19-5-13-23(14-6-19)32-18-24(30)28-21-9-10-21;/h5-8,11-14,21H,4,9-10,15-18H2,1-3H3,(H,26,27)(H,28,30);1H. The van der Waals surface area contributed by atoms with Crippen LogP contribution >= 0.6 is 24.0 Å². The first kappa shape index (κ1) is 26.8. The highest BCUT2D eigenvalue weighted by atomic mass is 127. The lowest BCUT2D eigenvalue weighted by Gasteiger charge is -2.22. The van der Waals surface area contributed by atoms with Gasteiger partial charge in [0.25, 0.3) is 5.91 Å². The van der Waals surface area contributed by atoms with Gasteiger partial charge in [-0.25, -0.2) is 0 Å². The van der Waals surface area contributed by atoms with Gasteiger partial charge in [0.2, 0.25) is 0 Å². The van der Waals surface area contributed by atoms with E-state index in [1.54, 1.807) is 7.11 Å². The minimum absolute atomic E-state index is 0. The lowest BCUT2D eigenvalue weighted by atomic mass is 10.1. The zero-order valence-corrected chi connectivity index (χ0v) is 22.0. The molecule has 0 bridgehead atoms. The maximum absolute atomic E-state index is 11.7. The van der Waals surface area contributed by atoms with E-state index in [1.165, 1.54) is 11.1 Å². The Morgan fingerprint density at radius 1 is 1.06 bits per heavy atom. The summed E-state index contributed by atoms with van der Waals surface area (Å²) in [7, 11) is 3.71. The van der Waals surface area contributed by atoms with Crippen molar-refractivity contribution in [2.24, 2.45) is 4.99 Å². The molecule has 0 spiro atoms. The Morgan fingerprint density at radius 3 is 2.30 bits per heavy atom. The second-order valence-corrected chi connectivity index (χ2v) is 7.96. The van der Waals surface area contributed by atoms with Crippen molar-refractivity contribution in [1.82, 2.24) is 15.5 Å². The molecule has 7 nitrogen and oxygen atoms in total. The molecule has 0 aliphatic heterocycles. The number of hydrogen-bond acceptors (Lipinski definition) is 4. The van der Waals surface area contributed by atoms with Crippen molar-refractivity contribution in [2.75, 3.05) is 33.9 Å². The summed E-state index contributed by atoms with van der Waals surface area (Å²) in [5.74, 6) is 2.39. The number of hydrogen-bond donors (Lipinski definition) is 2. The normalized spacial score (nSPS) is 13.0. The van der Waals surface area contributed by atoms with Crippen molar-refractivity contribution in [3.8, 4) is 11.5 Å². The van der Waals surface area contributed by atoms with Gasteiger partial charge in [-0.1, -0.05) is 24.3 Å². The van der Waals surface area contributed by atoms with Crippen LogP contribution in [0.2, 0.25) is 0 Å². The van der Waals surface area contributed by atoms with E-state index < -0.39 is 0 Å². The number of benzene rings is 2. The molecular weight excluding hydrogens is 531 g/mol. The molecule has 0 unspecified atom stereocenters. The lowest BCUT2D eigenvalue weighted by Crippen LogP contribution is -2.38. The molecule has 0 aromatic heterocycles. The Balaban J connectivity index is 0.00000385. The summed E-state index contributed by atoms with van der Waals surface area (Å²) in [6, 6.07) is 16.3. The highest BCUT2D eigenvalue weighted by Crippen LogP contribution is 2.18. The zero-order valence-electron chi connectivity index (χ0n) is 19.7. The molecule has 180 valence electrons. The van der Waals surface area contributed by atoms with Crippen LogP contribution in [-0.2, 0) is 17.8 Å². The topological polar surface area (TPSA) is 75.2 Å². The van der Waals surface area contributed by atoms with E-state index in [1.807, 2.05) is 43.4 Å². The van der Waals surface area contributed by atoms with Gasteiger partial charge >= 0.3 is 0 Å². The van der Waals surface area contributed by atoms with Gasteiger partial charge in [-0.3, -0.25) is 9.79 Å². The molecule has 0 heterocycles. The number of halogens is 1. The second kappa shape index (κ2) is 13.9. The Labute approximate surface area is 214 Å². The third-order valence-corrected chi connectivity index (χ3v) is 5.17. The number of rotatable bonds is 11. The van der Waals surface area contributed by atoms with Crippen molar-refractivity contribution in [1.29, 1.82) is 0 Å². The molecule has 2 aromatic rings. The van der Waals surface area contributed by atoms with Crippen LogP contribution in [0.25, 0.3) is 0 Å². The minimum atomic E-state index is -0.0550. The average Bonchev–Trinajstić information content (AvgIpc) is 3.62. The maximum atomic E-state index is 11.7. The molecule has 0 radical (unpaired) electrons. The molecule has 8 heteroatoms. The predicted octanol–water partition coefficient (Wildman–Crippen LogP) is 3.61. The second-order valence-electron chi connectivity index (χ2n) is 7.96. The highest BCUT2D eigenvalue weighted by Gasteiger charge is 2.23. The molecule has 33 heavy (non-hydrogen) atoms. The fourth-order valence-corrected chi connectivity index (χ4v) is 3.24. The smallest absolute Gasteiger partial charge is 0.258 e. The molecule has 1 aliphatic rings. The van der Waals surface area contributed by atoms with E-state index in [2.05, 4.69) is 34.6 Å². The summed E-state index contributed by atoms with van der Waals surface area (Å²) in [6.07, 6.45) is 2.99. The van der Waals surface area contributed by atoms with E-state index in [-0.39, 0.29) is 36.5 Å². The number of guanidine groups is 1. The van der Waals surface area contributed by atoms with Crippen LogP contribution in [0.1, 0.15) is 30.9 Å². The van der Waals surface area contributed by atoms with Gasteiger partial charge in [0.1, 0.15) is 11.5 Å². The summed E-state index contributed by atoms with van der Waals surface area (Å²) < 4.78 is 10.8. The number of aliphatic imine (C=N–C) groups is 1. The van der Waals surface area contributed by atoms with Crippen molar-refractivity contribution in [2.45, 2.75) is 38.8 Å². The summed E-state index contributed by atoms with van der Waals surface area (Å²) in [6.45, 7) is 4.38. The average molecular weight is 566 g/mol. The van der Waals surface area contributed by atoms with Crippen molar-refractivity contribution >= 4 is 35.8 Å². The van der Waals surface area contributed by atoms with Crippen LogP contribution in [0.15, 0.2) is 53.5 Å². The highest BCUT2D eigenvalue weighted by molar-refractivity contribution is 14.0. The first-order chi connectivity index (χ1) is 15.6. The quantitative estimate of drug-likeness (QED) is 0.247. The Morgan fingerprint density at radius 2 is 1.70 bits per heavy atom. The Hall–Kier alpha value is -2.49. The first-order valence-electron chi connectivity index (χ1n) is 11.2. The number of carbonyl (C=O) groups is 1. The predicted molar refractivity (Wildman–Crippen MR) is 143 cm³/mol. The molecule has 1 amide bonds. The number of methoxy groups -OCH3 is 1. The Bertz CT molecular complexity index is 884. The molecule has 2 N–H and O–H groups in total. The Kier molecular flexibility index (Phi) is 11.3. The van der Waals surface area contributed by atoms with Crippen LogP contribution in [0, 0.1) is 0 Å². The summed E-state index contributed by atoms with van der Waals surface area (Å²) in [5, 5.41) is 6.28. The monoisotopic (exact) mass is 566 g/mol. The van der Waals surface area contributed by atoms with Gasteiger partial charge in [-0.05, 0) is 61.6 Å². The van der Waals surface area contributed by atoms with Gasteiger partial charge in [0.05, 0.1) is 7.11 Å². The van der Waals surface area contributed by atoms with Crippen LogP contribution in [0.4, 0.5) is 0 Å². The van der Waals surface area contributed by atoms with Crippen molar-refractivity contribution in [3.63, 3.8) is 0 Å². The SMILES string of the molecule is CCNC(=NCCc1ccc(OCC(=O)NC2CC2)cc1)N(C)Cc1ccc(OC)cc1.I. The van der Waals surface area contributed by atoms with E-state index in [0.29, 0.717) is 18.3 Å². The van der Waals surface area contributed by atoms with E-state index in [0.717, 1.165) is 44.1 Å². The molecule has 3 rings (SSSR count). The van der Waals surface area contributed by atoms with Crippen LogP contribution in [0.3, 0.4) is 0 Å². The van der Waals surface area contributed by atoms with Gasteiger partial charge in [-0.15, -0.1) is 24.0 Å². The van der Waals surface area contributed by atoms with Crippen molar-refractivity contribution < 1.29 is 14.3 Å². The number of carbonyl (C=O) groups excluding carboxylic acids is 1. The van der Waals surface area contributed by atoms with Gasteiger partial charge < -0.3 is 25.0 Å². The number of nitrogens with one attached hydrogen (secondary N) is 2. The van der Waals surface area contributed by atoms with Crippen LogP contribution in [-0.4, -0.2) is 56.7 Å². The molecule has 1 saturated carbocycles. The first-order valence-corrected chi connectivity index (χ1v) is 11.2. The third-order valence-electron chi connectivity index (χ3n) is 5.17. The fraction of sp³-hybridized carbons (Fsp3) is 0.440. The molecule has 1 fully saturated rings. The molecule has 0 atom stereocenters.